The zero-order valence-electron chi connectivity index (χ0n) is 24.4. The smallest absolute Gasteiger partial charge is 0.410 e. The summed E-state index contributed by atoms with van der Waals surface area (Å²) in [6, 6.07) is 25.4. The molecule has 218 valence electrons. The molecule has 5 aromatic rings. The largest absolute Gasteiger partial charge is 0.444 e. The molecule has 0 aliphatic carbocycles. The number of aromatic nitrogens is 4. The summed E-state index contributed by atoms with van der Waals surface area (Å²) >= 11 is 0. The molecular weight excluding hydrogens is 540 g/mol. The first kappa shape index (κ1) is 28.0. The Labute approximate surface area is 250 Å². The number of rotatable bonds is 6. The number of hydrogen-bond acceptors (Lipinski definition) is 5. The van der Waals surface area contributed by atoms with Gasteiger partial charge in [0.2, 0.25) is 5.95 Å². The molecule has 9 nitrogen and oxygen atoms in total. The number of anilines is 1. The first-order chi connectivity index (χ1) is 20.7. The lowest BCUT2D eigenvalue weighted by Crippen LogP contribution is -2.36. The molecule has 2 aromatic heterocycles. The average molecular weight is 575 g/mol. The van der Waals surface area contributed by atoms with Gasteiger partial charge in [0.1, 0.15) is 11.4 Å². The number of benzene rings is 3. The molecule has 0 spiro atoms. The number of carbonyl (C=O) groups excluding carboxylic acids is 2. The SMILES string of the molecule is CC(C)(C)OC(=O)N1CCC[C@H]1c1ncc(-c2ccc(-c3ccc(-c4cnc(NC(=O)c5ccccc5)[nH]4)cc3)cc2)[nH]1. The van der Waals surface area contributed by atoms with Gasteiger partial charge >= 0.3 is 6.09 Å². The molecular formula is C34H34N6O3. The molecule has 3 heterocycles. The van der Waals surface area contributed by atoms with E-state index in [0.29, 0.717) is 18.1 Å². The Hall–Kier alpha value is -5.18. The van der Waals surface area contributed by atoms with Crippen molar-refractivity contribution in [1.29, 1.82) is 0 Å². The third-order valence-corrected chi connectivity index (χ3v) is 7.36. The minimum absolute atomic E-state index is 0.118. The van der Waals surface area contributed by atoms with Crippen LogP contribution in [0.1, 0.15) is 55.8 Å². The highest BCUT2D eigenvalue weighted by atomic mass is 16.6. The van der Waals surface area contributed by atoms with E-state index >= 15 is 0 Å². The van der Waals surface area contributed by atoms with Crippen LogP contribution < -0.4 is 5.32 Å². The van der Waals surface area contributed by atoms with Crippen molar-refractivity contribution >= 4 is 17.9 Å². The topological polar surface area (TPSA) is 116 Å². The zero-order chi connectivity index (χ0) is 30.0. The van der Waals surface area contributed by atoms with E-state index in [1.165, 1.54) is 0 Å². The molecule has 1 saturated heterocycles. The summed E-state index contributed by atoms with van der Waals surface area (Å²) in [5.74, 6) is 0.962. The number of carbonyl (C=O) groups is 2. The Kier molecular flexibility index (Phi) is 7.54. The van der Waals surface area contributed by atoms with E-state index < -0.39 is 5.60 Å². The summed E-state index contributed by atoms with van der Waals surface area (Å²) in [5, 5.41) is 2.80. The maximum atomic E-state index is 12.7. The maximum Gasteiger partial charge on any atom is 0.410 e. The Morgan fingerprint density at radius 3 is 2.02 bits per heavy atom. The van der Waals surface area contributed by atoms with Crippen LogP contribution in [0.5, 0.6) is 0 Å². The number of H-pyrrole nitrogens is 2. The van der Waals surface area contributed by atoms with Crippen molar-refractivity contribution in [1.82, 2.24) is 24.8 Å². The van der Waals surface area contributed by atoms with Crippen LogP contribution in [0.2, 0.25) is 0 Å². The van der Waals surface area contributed by atoms with Crippen molar-refractivity contribution in [3.8, 4) is 33.6 Å². The fourth-order valence-electron chi connectivity index (χ4n) is 5.23. The normalized spacial score (nSPS) is 15.0. The molecule has 1 aliphatic heterocycles. The van der Waals surface area contributed by atoms with E-state index in [2.05, 4.69) is 61.7 Å². The predicted octanol–water partition coefficient (Wildman–Crippen LogP) is 7.46. The molecule has 0 saturated carbocycles. The number of imidazole rings is 2. The third-order valence-electron chi connectivity index (χ3n) is 7.36. The van der Waals surface area contributed by atoms with Crippen molar-refractivity contribution < 1.29 is 14.3 Å². The minimum atomic E-state index is -0.537. The molecule has 3 aromatic carbocycles. The van der Waals surface area contributed by atoms with E-state index in [9.17, 15) is 9.59 Å². The lowest BCUT2D eigenvalue weighted by Gasteiger charge is -2.27. The molecule has 6 rings (SSSR count). The van der Waals surface area contributed by atoms with E-state index in [-0.39, 0.29) is 18.0 Å². The first-order valence-electron chi connectivity index (χ1n) is 14.4. The Morgan fingerprint density at radius 2 is 1.40 bits per heavy atom. The van der Waals surface area contributed by atoms with Crippen LogP contribution in [0.3, 0.4) is 0 Å². The fraction of sp³-hybridized carbons (Fsp3) is 0.235. The van der Waals surface area contributed by atoms with Gasteiger partial charge in [-0.3, -0.25) is 15.0 Å². The molecule has 2 amide bonds. The standard InChI is InChI=1S/C34H34N6O3/c1-34(2,3)43-33(42)40-19-7-10-29(40)30-35-20-27(37-30)24-15-11-22(12-16-24)23-13-17-25(18-14-23)28-21-36-32(38-28)39-31(41)26-8-5-4-6-9-26/h4-6,8-9,11-18,20-21,29H,7,10,19H2,1-3H3,(H,35,37)(H2,36,38,39,41)/t29-/m0/s1. The summed E-state index contributed by atoms with van der Waals surface area (Å²) in [4.78, 5) is 42.5. The number of hydrogen-bond donors (Lipinski definition) is 3. The van der Waals surface area contributed by atoms with Gasteiger partial charge in [0.15, 0.2) is 0 Å². The van der Waals surface area contributed by atoms with Gasteiger partial charge in [-0.1, -0.05) is 66.7 Å². The highest BCUT2D eigenvalue weighted by molar-refractivity contribution is 6.03. The van der Waals surface area contributed by atoms with Gasteiger partial charge in [0.05, 0.1) is 29.8 Å². The van der Waals surface area contributed by atoms with Crippen LogP contribution in [0.4, 0.5) is 10.7 Å². The summed E-state index contributed by atoms with van der Waals surface area (Å²) in [7, 11) is 0. The van der Waals surface area contributed by atoms with Gasteiger partial charge in [-0.25, -0.2) is 14.8 Å². The number of nitrogens with zero attached hydrogens (tertiary/aromatic N) is 3. The lowest BCUT2D eigenvalue weighted by atomic mass is 10.0. The van der Waals surface area contributed by atoms with E-state index in [0.717, 1.165) is 52.3 Å². The van der Waals surface area contributed by atoms with Crippen molar-refractivity contribution in [2.45, 2.75) is 45.3 Å². The van der Waals surface area contributed by atoms with Crippen molar-refractivity contribution in [3.05, 3.63) is 103 Å². The second-order valence-electron chi connectivity index (χ2n) is 11.6. The number of aromatic amines is 2. The van der Waals surface area contributed by atoms with E-state index in [1.54, 1.807) is 23.2 Å². The maximum absolute atomic E-state index is 12.7. The zero-order valence-corrected chi connectivity index (χ0v) is 24.4. The molecule has 1 aliphatic rings. The Morgan fingerprint density at radius 1 is 0.814 bits per heavy atom. The monoisotopic (exact) mass is 574 g/mol. The van der Waals surface area contributed by atoms with Gasteiger partial charge in [-0.15, -0.1) is 0 Å². The Bertz CT molecular complexity index is 1720. The molecule has 3 N–H and O–H groups in total. The quantitative estimate of drug-likeness (QED) is 0.195. The van der Waals surface area contributed by atoms with E-state index in [4.69, 9.17) is 4.74 Å². The molecule has 43 heavy (non-hydrogen) atoms. The lowest BCUT2D eigenvalue weighted by molar-refractivity contribution is 0.0218. The van der Waals surface area contributed by atoms with Gasteiger partial charge in [-0.2, -0.15) is 0 Å². The molecule has 0 bridgehead atoms. The van der Waals surface area contributed by atoms with Gasteiger partial charge in [0, 0.05) is 12.1 Å². The number of amides is 2. The third kappa shape index (κ3) is 6.35. The molecule has 1 fully saturated rings. The molecule has 1 atom stereocenters. The van der Waals surface area contributed by atoms with Crippen LogP contribution in [0.15, 0.2) is 91.3 Å². The van der Waals surface area contributed by atoms with Crippen LogP contribution in [0.25, 0.3) is 33.6 Å². The summed E-state index contributed by atoms with van der Waals surface area (Å²) in [6.07, 6.45) is 5.00. The fourth-order valence-corrected chi connectivity index (χ4v) is 5.23. The average Bonchev–Trinajstić information content (AvgIpc) is 3.78. The number of likely N-dealkylation sites (tertiary alicyclic amines) is 1. The molecule has 9 heteroatoms. The molecule has 0 unspecified atom stereocenters. The van der Waals surface area contributed by atoms with Gasteiger partial charge in [-0.05, 0) is 68.0 Å². The number of nitrogens with one attached hydrogen (secondary N) is 3. The summed E-state index contributed by atoms with van der Waals surface area (Å²) < 4.78 is 5.61. The first-order valence-corrected chi connectivity index (χ1v) is 14.4. The van der Waals surface area contributed by atoms with Gasteiger partial charge in [0.25, 0.3) is 5.91 Å². The van der Waals surface area contributed by atoms with Gasteiger partial charge < -0.3 is 14.7 Å². The molecule has 0 radical (unpaired) electrons. The van der Waals surface area contributed by atoms with Crippen LogP contribution in [-0.2, 0) is 4.74 Å². The Balaban J connectivity index is 1.11. The summed E-state index contributed by atoms with van der Waals surface area (Å²) in [6.45, 7) is 6.30. The van der Waals surface area contributed by atoms with Crippen LogP contribution >= 0.6 is 0 Å². The highest BCUT2D eigenvalue weighted by Gasteiger charge is 2.34. The predicted molar refractivity (Wildman–Crippen MR) is 166 cm³/mol. The van der Waals surface area contributed by atoms with Crippen molar-refractivity contribution in [2.24, 2.45) is 0 Å². The van der Waals surface area contributed by atoms with Crippen molar-refractivity contribution in [3.63, 3.8) is 0 Å². The minimum Gasteiger partial charge on any atom is -0.444 e. The number of ether oxygens (including phenoxy) is 1. The van der Waals surface area contributed by atoms with Crippen LogP contribution in [0, 0.1) is 0 Å². The second-order valence-corrected chi connectivity index (χ2v) is 11.6. The van der Waals surface area contributed by atoms with E-state index in [1.807, 2.05) is 57.3 Å². The highest BCUT2D eigenvalue weighted by Crippen LogP contribution is 2.33. The van der Waals surface area contributed by atoms with Crippen LogP contribution in [-0.4, -0.2) is 49.0 Å². The van der Waals surface area contributed by atoms with Crippen molar-refractivity contribution in [2.75, 3.05) is 11.9 Å². The second kappa shape index (κ2) is 11.6. The summed E-state index contributed by atoms with van der Waals surface area (Å²) in [5.41, 5.74) is 5.90.